The number of likely N-dealkylation sites (tertiary alicyclic amines) is 1. The first-order chi connectivity index (χ1) is 8.14. The minimum atomic E-state index is -1.93. The molecule has 6 heteroatoms. The van der Waals surface area contributed by atoms with Crippen molar-refractivity contribution >= 4 is 12.0 Å². The van der Waals surface area contributed by atoms with Crippen LogP contribution in [0.25, 0.3) is 0 Å². The van der Waals surface area contributed by atoms with Gasteiger partial charge in [0.15, 0.2) is 5.60 Å². The highest BCUT2D eigenvalue weighted by Crippen LogP contribution is 2.28. The second-order valence-corrected chi connectivity index (χ2v) is 5.93. The van der Waals surface area contributed by atoms with Crippen LogP contribution >= 0.6 is 0 Å². The SMILES string of the molecule is CC1(C)CCCN(C(=O)NCC(C)(O)C(=O)O)C1. The normalized spacial score (nSPS) is 22.1. The Labute approximate surface area is 107 Å². The van der Waals surface area contributed by atoms with Crippen molar-refractivity contribution in [1.29, 1.82) is 0 Å². The number of nitrogens with one attached hydrogen (secondary N) is 1. The first-order valence-corrected chi connectivity index (χ1v) is 6.13. The van der Waals surface area contributed by atoms with E-state index in [9.17, 15) is 14.7 Å². The maximum absolute atomic E-state index is 11.9. The number of nitrogens with zero attached hydrogens (tertiary/aromatic N) is 1. The summed E-state index contributed by atoms with van der Waals surface area (Å²) in [5.41, 5.74) is -1.84. The maximum atomic E-state index is 11.9. The molecule has 104 valence electrons. The Morgan fingerprint density at radius 3 is 2.56 bits per heavy atom. The van der Waals surface area contributed by atoms with E-state index in [4.69, 9.17) is 5.11 Å². The van der Waals surface area contributed by atoms with Crippen molar-refractivity contribution in [2.24, 2.45) is 5.41 Å². The van der Waals surface area contributed by atoms with Gasteiger partial charge in [-0.1, -0.05) is 13.8 Å². The maximum Gasteiger partial charge on any atom is 0.337 e. The summed E-state index contributed by atoms with van der Waals surface area (Å²) in [4.78, 5) is 24.2. The van der Waals surface area contributed by atoms with E-state index in [0.29, 0.717) is 13.1 Å². The van der Waals surface area contributed by atoms with Gasteiger partial charge in [-0.2, -0.15) is 0 Å². The first kappa shape index (κ1) is 14.8. The molecule has 2 amide bonds. The fraction of sp³-hybridized carbons (Fsp3) is 0.833. The molecule has 1 fully saturated rings. The highest BCUT2D eigenvalue weighted by Gasteiger charge is 2.33. The van der Waals surface area contributed by atoms with Crippen LogP contribution < -0.4 is 5.32 Å². The Bertz CT molecular complexity index is 339. The minimum Gasteiger partial charge on any atom is -0.479 e. The largest absolute Gasteiger partial charge is 0.479 e. The highest BCUT2D eigenvalue weighted by atomic mass is 16.4. The summed E-state index contributed by atoms with van der Waals surface area (Å²) in [6.07, 6.45) is 2.01. The molecule has 0 aliphatic carbocycles. The van der Waals surface area contributed by atoms with Gasteiger partial charge in [-0.15, -0.1) is 0 Å². The van der Waals surface area contributed by atoms with E-state index in [1.807, 2.05) is 0 Å². The van der Waals surface area contributed by atoms with Gasteiger partial charge in [0.25, 0.3) is 0 Å². The fourth-order valence-electron chi connectivity index (χ4n) is 2.03. The lowest BCUT2D eigenvalue weighted by atomic mass is 9.84. The van der Waals surface area contributed by atoms with Crippen LogP contribution in [0.4, 0.5) is 4.79 Å². The molecule has 0 saturated carbocycles. The molecule has 3 N–H and O–H groups in total. The average Bonchev–Trinajstić information content (AvgIpc) is 2.24. The van der Waals surface area contributed by atoms with Crippen LogP contribution in [0.15, 0.2) is 0 Å². The molecule has 1 rings (SSSR count). The third kappa shape index (κ3) is 3.87. The zero-order chi connectivity index (χ0) is 14.0. The van der Waals surface area contributed by atoms with Crippen LogP contribution in [0, 0.1) is 5.41 Å². The van der Waals surface area contributed by atoms with Gasteiger partial charge in [0.05, 0.1) is 6.54 Å². The zero-order valence-corrected chi connectivity index (χ0v) is 11.2. The van der Waals surface area contributed by atoms with E-state index in [2.05, 4.69) is 19.2 Å². The Hall–Kier alpha value is -1.30. The standard InChI is InChI=1S/C12H22N2O4/c1-11(2)5-4-6-14(8-11)10(17)13-7-12(3,18)9(15)16/h18H,4-8H2,1-3H3,(H,13,17)(H,15,16). The average molecular weight is 258 g/mol. The van der Waals surface area contributed by atoms with E-state index >= 15 is 0 Å². The summed E-state index contributed by atoms with van der Waals surface area (Å²) in [5.74, 6) is -1.35. The van der Waals surface area contributed by atoms with Crippen molar-refractivity contribution in [3.63, 3.8) is 0 Å². The molecule has 0 spiro atoms. The van der Waals surface area contributed by atoms with Crippen molar-refractivity contribution in [3.05, 3.63) is 0 Å². The molecule has 1 unspecified atom stereocenters. The number of aliphatic carboxylic acids is 1. The van der Waals surface area contributed by atoms with Gasteiger partial charge in [0.2, 0.25) is 0 Å². The van der Waals surface area contributed by atoms with Gasteiger partial charge < -0.3 is 20.4 Å². The number of aliphatic hydroxyl groups is 1. The molecule has 0 aromatic rings. The molecule has 0 aromatic carbocycles. The van der Waals surface area contributed by atoms with E-state index in [-0.39, 0.29) is 18.0 Å². The smallest absolute Gasteiger partial charge is 0.337 e. The van der Waals surface area contributed by atoms with E-state index in [1.54, 1.807) is 4.90 Å². The lowest BCUT2D eigenvalue weighted by Gasteiger charge is -2.38. The summed E-state index contributed by atoms with van der Waals surface area (Å²) in [5, 5.41) is 20.7. The van der Waals surface area contributed by atoms with Crippen molar-refractivity contribution in [2.45, 2.75) is 39.2 Å². The van der Waals surface area contributed by atoms with Crippen molar-refractivity contribution in [3.8, 4) is 0 Å². The lowest BCUT2D eigenvalue weighted by molar-refractivity contribution is -0.155. The molecular formula is C12H22N2O4. The number of hydrogen-bond donors (Lipinski definition) is 3. The predicted molar refractivity (Wildman–Crippen MR) is 66.2 cm³/mol. The molecule has 1 aliphatic rings. The molecule has 0 radical (unpaired) electrons. The van der Waals surface area contributed by atoms with E-state index in [0.717, 1.165) is 19.8 Å². The molecule has 1 saturated heterocycles. The van der Waals surface area contributed by atoms with Gasteiger partial charge in [-0.25, -0.2) is 9.59 Å². The number of piperidine rings is 1. The summed E-state index contributed by atoms with van der Waals surface area (Å²) in [7, 11) is 0. The molecule has 1 aliphatic heterocycles. The van der Waals surface area contributed by atoms with Crippen LogP contribution in [-0.4, -0.2) is 52.3 Å². The van der Waals surface area contributed by atoms with Crippen LogP contribution in [0.1, 0.15) is 33.6 Å². The number of urea groups is 1. The van der Waals surface area contributed by atoms with Gasteiger partial charge in [0.1, 0.15) is 0 Å². The third-order valence-corrected chi connectivity index (χ3v) is 3.23. The van der Waals surface area contributed by atoms with Gasteiger partial charge in [-0.05, 0) is 25.2 Å². The summed E-state index contributed by atoms with van der Waals surface area (Å²) >= 11 is 0. The molecule has 0 bridgehead atoms. The summed E-state index contributed by atoms with van der Waals surface area (Å²) in [6, 6.07) is -0.315. The van der Waals surface area contributed by atoms with Crippen molar-refractivity contribution in [1.82, 2.24) is 10.2 Å². The van der Waals surface area contributed by atoms with Gasteiger partial charge in [0, 0.05) is 13.1 Å². The van der Waals surface area contributed by atoms with E-state index in [1.165, 1.54) is 0 Å². The number of rotatable bonds is 3. The van der Waals surface area contributed by atoms with E-state index < -0.39 is 11.6 Å². The number of carbonyl (C=O) groups excluding carboxylic acids is 1. The number of amides is 2. The van der Waals surface area contributed by atoms with Crippen LogP contribution in [0.3, 0.4) is 0 Å². The first-order valence-electron chi connectivity index (χ1n) is 6.13. The topological polar surface area (TPSA) is 89.9 Å². The molecule has 18 heavy (non-hydrogen) atoms. The number of carboxylic acids is 1. The Morgan fingerprint density at radius 2 is 2.06 bits per heavy atom. The summed E-state index contributed by atoms with van der Waals surface area (Å²) < 4.78 is 0. The fourth-order valence-corrected chi connectivity index (χ4v) is 2.03. The molecule has 0 aromatic heterocycles. The Kier molecular flexibility index (Phi) is 4.21. The minimum absolute atomic E-state index is 0.0882. The lowest BCUT2D eigenvalue weighted by Crippen LogP contribution is -2.53. The summed E-state index contributed by atoms with van der Waals surface area (Å²) in [6.45, 7) is 6.38. The third-order valence-electron chi connectivity index (χ3n) is 3.23. The molecule has 1 atom stereocenters. The Morgan fingerprint density at radius 1 is 1.44 bits per heavy atom. The quantitative estimate of drug-likeness (QED) is 0.693. The zero-order valence-electron chi connectivity index (χ0n) is 11.2. The number of carboxylic acid groups (broad SMARTS) is 1. The van der Waals surface area contributed by atoms with Gasteiger partial charge in [-0.3, -0.25) is 0 Å². The van der Waals surface area contributed by atoms with Crippen molar-refractivity contribution < 1.29 is 19.8 Å². The van der Waals surface area contributed by atoms with Crippen LogP contribution in [-0.2, 0) is 4.79 Å². The number of carbonyl (C=O) groups is 2. The van der Waals surface area contributed by atoms with Gasteiger partial charge >= 0.3 is 12.0 Å². The molecule has 1 heterocycles. The van der Waals surface area contributed by atoms with Crippen LogP contribution in [0.2, 0.25) is 0 Å². The second-order valence-electron chi connectivity index (χ2n) is 5.93. The Balaban J connectivity index is 2.49. The highest BCUT2D eigenvalue weighted by molar-refractivity contribution is 5.79. The monoisotopic (exact) mass is 258 g/mol. The molecular weight excluding hydrogens is 236 g/mol. The number of hydrogen-bond acceptors (Lipinski definition) is 3. The molecule has 6 nitrogen and oxygen atoms in total. The second kappa shape index (κ2) is 5.14. The van der Waals surface area contributed by atoms with Crippen LogP contribution in [0.5, 0.6) is 0 Å². The predicted octanol–water partition coefficient (Wildman–Crippen LogP) is 0.654. The van der Waals surface area contributed by atoms with Crippen molar-refractivity contribution in [2.75, 3.05) is 19.6 Å².